The van der Waals surface area contributed by atoms with Crippen LogP contribution in [0.5, 0.6) is 0 Å². The normalized spacial score (nSPS) is 21.8. The molecule has 1 aliphatic rings. The van der Waals surface area contributed by atoms with Crippen molar-refractivity contribution < 1.29 is 5.11 Å². The quantitative estimate of drug-likeness (QED) is 0.780. The van der Waals surface area contributed by atoms with Crippen LogP contribution < -0.4 is 0 Å². The molecule has 0 aliphatic heterocycles. The first-order chi connectivity index (χ1) is 7.74. The Kier molecular flexibility index (Phi) is 7.06. The summed E-state index contributed by atoms with van der Waals surface area (Å²) in [5.74, 6) is 0.455. The highest BCUT2D eigenvalue weighted by atomic mass is 16.3. The lowest BCUT2D eigenvalue weighted by molar-refractivity contribution is 0.171. The molecule has 0 aromatic heterocycles. The van der Waals surface area contributed by atoms with Gasteiger partial charge in [-0.3, -0.25) is 0 Å². The second-order valence-corrected chi connectivity index (χ2v) is 5.56. The van der Waals surface area contributed by atoms with Gasteiger partial charge in [-0.05, 0) is 38.8 Å². The maximum atomic E-state index is 9.02. The average Bonchev–Trinajstić information content (AvgIpc) is 2.25. The number of hydrogen-bond acceptors (Lipinski definition) is 2. The van der Waals surface area contributed by atoms with E-state index in [1.165, 1.54) is 44.9 Å². The molecule has 0 aromatic rings. The van der Waals surface area contributed by atoms with Crippen molar-refractivity contribution in [1.29, 1.82) is 0 Å². The molecule has 0 radical (unpaired) electrons. The lowest BCUT2D eigenvalue weighted by Crippen LogP contribution is -2.34. The van der Waals surface area contributed by atoms with Crippen LogP contribution in [-0.4, -0.2) is 36.2 Å². The molecule has 16 heavy (non-hydrogen) atoms. The van der Waals surface area contributed by atoms with Crippen LogP contribution in [0.1, 0.15) is 58.3 Å². The van der Waals surface area contributed by atoms with Crippen LogP contribution in [-0.2, 0) is 0 Å². The van der Waals surface area contributed by atoms with E-state index in [1.807, 2.05) is 0 Å². The van der Waals surface area contributed by atoms with E-state index in [0.717, 1.165) is 19.0 Å². The summed E-state index contributed by atoms with van der Waals surface area (Å²) in [5, 5.41) is 9.02. The van der Waals surface area contributed by atoms with Gasteiger partial charge in [0.25, 0.3) is 0 Å². The van der Waals surface area contributed by atoms with Crippen LogP contribution in [0.2, 0.25) is 0 Å². The zero-order valence-corrected chi connectivity index (χ0v) is 11.1. The summed E-state index contributed by atoms with van der Waals surface area (Å²) >= 11 is 0. The van der Waals surface area contributed by atoms with E-state index in [-0.39, 0.29) is 0 Å². The minimum absolute atomic E-state index is 0.332. The van der Waals surface area contributed by atoms with Crippen molar-refractivity contribution in [2.45, 2.75) is 64.3 Å². The van der Waals surface area contributed by atoms with Gasteiger partial charge in [-0.25, -0.2) is 0 Å². The first-order valence-corrected chi connectivity index (χ1v) is 7.05. The Labute approximate surface area is 101 Å². The van der Waals surface area contributed by atoms with Crippen molar-refractivity contribution >= 4 is 0 Å². The molecule has 1 rings (SSSR count). The molecular formula is C14H29NO. The van der Waals surface area contributed by atoms with Crippen molar-refractivity contribution in [3.05, 3.63) is 0 Å². The topological polar surface area (TPSA) is 23.5 Å². The summed E-state index contributed by atoms with van der Waals surface area (Å²) in [7, 11) is 2.26. The van der Waals surface area contributed by atoms with Crippen LogP contribution in [0.15, 0.2) is 0 Å². The van der Waals surface area contributed by atoms with Gasteiger partial charge in [0.2, 0.25) is 0 Å². The lowest BCUT2D eigenvalue weighted by atomic mass is 9.95. The van der Waals surface area contributed by atoms with Gasteiger partial charge in [0.15, 0.2) is 0 Å². The van der Waals surface area contributed by atoms with Gasteiger partial charge in [0.05, 0.1) is 0 Å². The number of aliphatic hydroxyl groups is 1. The van der Waals surface area contributed by atoms with E-state index in [1.54, 1.807) is 0 Å². The third kappa shape index (κ3) is 5.31. The highest BCUT2D eigenvalue weighted by molar-refractivity contribution is 4.72. The highest BCUT2D eigenvalue weighted by Crippen LogP contribution is 2.21. The van der Waals surface area contributed by atoms with Gasteiger partial charge in [0.1, 0.15) is 0 Å². The Balaban J connectivity index is 2.24. The van der Waals surface area contributed by atoms with Crippen LogP contribution in [0.3, 0.4) is 0 Å². The first kappa shape index (κ1) is 14.0. The standard InChI is InChI=1S/C14H29NO/c1-13(12-16)10-11-15(2)14-8-6-4-3-5-7-9-14/h13-14,16H,3-12H2,1-2H3. The summed E-state index contributed by atoms with van der Waals surface area (Å²) in [6, 6.07) is 0.797. The number of hydrogen-bond donors (Lipinski definition) is 1. The second kappa shape index (κ2) is 8.08. The maximum Gasteiger partial charge on any atom is 0.0457 e. The van der Waals surface area contributed by atoms with E-state index in [0.29, 0.717) is 12.5 Å². The summed E-state index contributed by atoms with van der Waals surface area (Å²) in [4.78, 5) is 2.53. The first-order valence-electron chi connectivity index (χ1n) is 7.05. The molecule has 0 amide bonds. The van der Waals surface area contributed by atoms with E-state index in [9.17, 15) is 0 Å². The van der Waals surface area contributed by atoms with Gasteiger partial charge in [-0.15, -0.1) is 0 Å². The van der Waals surface area contributed by atoms with E-state index < -0.39 is 0 Å². The van der Waals surface area contributed by atoms with Crippen molar-refractivity contribution in [2.75, 3.05) is 20.2 Å². The number of nitrogens with zero attached hydrogens (tertiary/aromatic N) is 1. The molecule has 1 saturated carbocycles. The third-order valence-corrected chi connectivity index (χ3v) is 3.98. The molecule has 0 bridgehead atoms. The van der Waals surface area contributed by atoms with Crippen molar-refractivity contribution in [1.82, 2.24) is 4.90 Å². The molecule has 0 heterocycles. The van der Waals surface area contributed by atoms with Gasteiger partial charge in [-0.1, -0.05) is 39.0 Å². The summed E-state index contributed by atoms with van der Waals surface area (Å²) in [6.45, 7) is 3.61. The molecule has 2 heteroatoms. The van der Waals surface area contributed by atoms with Crippen LogP contribution >= 0.6 is 0 Å². The number of rotatable bonds is 5. The maximum absolute atomic E-state index is 9.02. The molecule has 0 spiro atoms. The summed E-state index contributed by atoms with van der Waals surface area (Å²) in [5.41, 5.74) is 0. The molecule has 0 aromatic carbocycles. The predicted octanol–water partition coefficient (Wildman–Crippen LogP) is 3.05. The fourth-order valence-corrected chi connectivity index (χ4v) is 2.57. The Morgan fingerprint density at radius 1 is 1.12 bits per heavy atom. The molecule has 1 atom stereocenters. The zero-order chi connectivity index (χ0) is 11.8. The fourth-order valence-electron chi connectivity index (χ4n) is 2.57. The smallest absolute Gasteiger partial charge is 0.0457 e. The Bertz CT molecular complexity index is 164. The molecular weight excluding hydrogens is 198 g/mol. The molecule has 96 valence electrons. The Hall–Kier alpha value is -0.0800. The van der Waals surface area contributed by atoms with Gasteiger partial charge in [0, 0.05) is 12.6 Å². The van der Waals surface area contributed by atoms with Gasteiger partial charge in [-0.2, -0.15) is 0 Å². The SMILES string of the molecule is CC(CO)CCN(C)C1CCCCCCC1. The third-order valence-electron chi connectivity index (χ3n) is 3.98. The summed E-state index contributed by atoms with van der Waals surface area (Å²) in [6.07, 6.45) is 11.0. The lowest BCUT2D eigenvalue weighted by Gasteiger charge is -2.30. The molecule has 0 saturated heterocycles. The average molecular weight is 227 g/mol. The van der Waals surface area contributed by atoms with Gasteiger partial charge >= 0.3 is 0 Å². The minimum Gasteiger partial charge on any atom is -0.396 e. The molecule has 1 fully saturated rings. The van der Waals surface area contributed by atoms with Crippen molar-refractivity contribution in [3.8, 4) is 0 Å². The Morgan fingerprint density at radius 2 is 1.69 bits per heavy atom. The van der Waals surface area contributed by atoms with Gasteiger partial charge < -0.3 is 10.0 Å². The molecule has 1 N–H and O–H groups in total. The molecule has 1 aliphatic carbocycles. The van der Waals surface area contributed by atoms with E-state index in [2.05, 4.69) is 18.9 Å². The van der Waals surface area contributed by atoms with Crippen LogP contribution in [0.25, 0.3) is 0 Å². The van der Waals surface area contributed by atoms with Crippen LogP contribution in [0, 0.1) is 5.92 Å². The highest BCUT2D eigenvalue weighted by Gasteiger charge is 2.16. The fraction of sp³-hybridized carbons (Fsp3) is 1.00. The minimum atomic E-state index is 0.332. The second-order valence-electron chi connectivity index (χ2n) is 5.56. The summed E-state index contributed by atoms with van der Waals surface area (Å²) < 4.78 is 0. The number of aliphatic hydroxyl groups excluding tert-OH is 1. The van der Waals surface area contributed by atoms with E-state index >= 15 is 0 Å². The molecule has 1 unspecified atom stereocenters. The zero-order valence-electron chi connectivity index (χ0n) is 11.1. The largest absolute Gasteiger partial charge is 0.396 e. The predicted molar refractivity (Wildman–Crippen MR) is 69.6 cm³/mol. The Morgan fingerprint density at radius 3 is 2.25 bits per heavy atom. The molecule has 2 nitrogen and oxygen atoms in total. The van der Waals surface area contributed by atoms with E-state index in [4.69, 9.17) is 5.11 Å². The monoisotopic (exact) mass is 227 g/mol. The van der Waals surface area contributed by atoms with Crippen molar-refractivity contribution in [3.63, 3.8) is 0 Å². The van der Waals surface area contributed by atoms with Crippen molar-refractivity contribution in [2.24, 2.45) is 5.92 Å². The van der Waals surface area contributed by atoms with Crippen LogP contribution in [0.4, 0.5) is 0 Å².